The fourth-order valence-electron chi connectivity index (χ4n) is 3.93. The van der Waals surface area contributed by atoms with Gasteiger partial charge in [-0.15, -0.1) is 5.10 Å². The van der Waals surface area contributed by atoms with Crippen molar-refractivity contribution in [2.75, 3.05) is 38.2 Å². The van der Waals surface area contributed by atoms with Gasteiger partial charge < -0.3 is 9.64 Å². The first-order valence-corrected chi connectivity index (χ1v) is 10.1. The smallest absolute Gasteiger partial charge is 0.173 e. The standard InChI is InChI=1S/C22H28N6O/c1-17(2)28-22(23-24-25-28)21(18-9-11-20(29-3)12-10-18)27-15-13-26(14-16-27)19-7-5-4-6-8-19/h4-12,17,21H,13-16H2,1-3H3. The average Bonchev–Trinajstić information content (AvgIpc) is 3.25. The maximum absolute atomic E-state index is 5.34. The number of benzene rings is 2. The van der Waals surface area contributed by atoms with Crippen molar-refractivity contribution in [2.45, 2.75) is 25.9 Å². The highest BCUT2D eigenvalue weighted by molar-refractivity contribution is 5.46. The number of aromatic nitrogens is 4. The maximum atomic E-state index is 5.34. The molecule has 1 aliphatic heterocycles. The predicted molar refractivity (Wildman–Crippen MR) is 113 cm³/mol. The molecule has 152 valence electrons. The number of nitrogens with zero attached hydrogens (tertiary/aromatic N) is 6. The molecule has 1 aromatic heterocycles. The van der Waals surface area contributed by atoms with Crippen LogP contribution in [0.3, 0.4) is 0 Å². The van der Waals surface area contributed by atoms with E-state index in [1.807, 2.05) is 16.8 Å². The van der Waals surface area contributed by atoms with Crippen LogP contribution in [0.4, 0.5) is 5.69 Å². The number of anilines is 1. The maximum Gasteiger partial charge on any atom is 0.173 e. The number of hydrogen-bond donors (Lipinski definition) is 0. The fourth-order valence-corrected chi connectivity index (χ4v) is 3.93. The molecular formula is C22H28N6O. The molecule has 1 saturated heterocycles. The lowest BCUT2D eigenvalue weighted by atomic mass is 10.0. The lowest BCUT2D eigenvalue weighted by Crippen LogP contribution is -2.48. The van der Waals surface area contributed by atoms with Crippen LogP contribution in [0.1, 0.15) is 37.3 Å². The summed E-state index contributed by atoms with van der Waals surface area (Å²) in [4.78, 5) is 4.92. The van der Waals surface area contributed by atoms with Crippen molar-refractivity contribution in [3.63, 3.8) is 0 Å². The zero-order valence-corrected chi connectivity index (χ0v) is 17.3. The van der Waals surface area contributed by atoms with Crippen molar-refractivity contribution in [3.8, 4) is 5.75 Å². The summed E-state index contributed by atoms with van der Waals surface area (Å²) in [6, 6.07) is 19.1. The van der Waals surface area contributed by atoms with E-state index in [0.29, 0.717) is 0 Å². The minimum absolute atomic E-state index is 0.0104. The van der Waals surface area contributed by atoms with Gasteiger partial charge in [-0.05, 0) is 54.1 Å². The van der Waals surface area contributed by atoms with Crippen molar-refractivity contribution >= 4 is 5.69 Å². The fraction of sp³-hybridized carbons (Fsp3) is 0.409. The molecule has 0 spiro atoms. The molecular weight excluding hydrogens is 364 g/mol. The molecule has 2 heterocycles. The Kier molecular flexibility index (Phi) is 5.76. The molecule has 4 rings (SSSR count). The van der Waals surface area contributed by atoms with Gasteiger partial charge in [0, 0.05) is 31.9 Å². The second-order valence-corrected chi connectivity index (χ2v) is 7.61. The minimum Gasteiger partial charge on any atom is -0.497 e. The number of para-hydroxylation sites is 1. The lowest BCUT2D eigenvalue weighted by molar-refractivity contribution is 0.199. The topological polar surface area (TPSA) is 59.3 Å². The number of rotatable bonds is 6. The van der Waals surface area contributed by atoms with Gasteiger partial charge in [-0.3, -0.25) is 4.90 Å². The summed E-state index contributed by atoms with van der Waals surface area (Å²) >= 11 is 0. The number of piperazine rings is 1. The number of hydrogen-bond acceptors (Lipinski definition) is 6. The minimum atomic E-state index is 0.0104. The molecule has 7 heteroatoms. The van der Waals surface area contributed by atoms with Crippen LogP contribution in [0.15, 0.2) is 54.6 Å². The van der Waals surface area contributed by atoms with Crippen molar-refractivity contribution < 1.29 is 4.74 Å². The number of ether oxygens (including phenoxy) is 1. The van der Waals surface area contributed by atoms with Gasteiger partial charge in [0.1, 0.15) is 5.75 Å². The molecule has 0 amide bonds. The summed E-state index contributed by atoms with van der Waals surface area (Å²) in [5.41, 5.74) is 2.45. The quantitative estimate of drug-likeness (QED) is 0.642. The summed E-state index contributed by atoms with van der Waals surface area (Å²) in [7, 11) is 1.69. The van der Waals surface area contributed by atoms with Crippen LogP contribution >= 0.6 is 0 Å². The van der Waals surface area contributed by atoms with Crippen molar-refractivity contribution in [1.29, 1.82) is 0 Å². The predicted octanol–water partition coefficient (Wildman–Crippen LogP) is 3.17. The second kappa shape index (κ2) is 8.61. The molecule has 1 atom stereocenters. The van der Waals surface area contributed by atoms with Crippen LogP contribution in [0.2, 0.25) is 0 Å². The largest absolute Gasteiger partial charge is 0.497 e. The Morgan fingerprint density at radius 1 is 0.897 bits per heavy atom. The highest BCUT2D eigenvalue weighted by atomic mass is 16.5. The highest BCUT2D eigenvalue weighted by Crippen LogP contribution is 2.31. The van der Waals surface area contributed by atoms with Crippen LogP contribution in [0.25, 0.3) is 0 Å². The number of tetrazole rings is 1. The van der Waals surface area contributed by atoms with Crippen LogP contribution in [0.5, 0.6) is 5.75 Å². The van der Waals surface area contributed by atoms with E-state index in [1.54, 1.807) is 7.11 Å². The molecule has 29 heavy (non-hydrogen) atoms. The molecule has 1 unspecified atom stereocenters. The Hall–Kier alpha value is -2.93. The van der Waals surface area contributed by atoms with Crippen LogP contribution in [-0.2, 0) is 0 Å². The van der Waals surface area contributed by atoms with Gasteiger partial charge in [0.05, 0.1) is 19.2 Å². The first kappa shape index (κ1) is 19.4. The SMILES string of the molecule is COc1ccc(C(c2nnnn2C(C)C)N2CCN(c3ccccc3)CC2)cc1. The molecule has 0 saturated carbocycles. The Bertz CT molecular complexity index is 901. The van der Waals surface area contributed by atoms with E-state index in [1.165, 1.54) is 11.3 Å². The second-order valence-electron chi connectivity index (χ2n) is 7.61. The first-order valence-electron chi connectivity index (χ1n) is 10.1. The van der Waals surface area contributed by atoms with Gasteiger partial charge >= 0.3 is 0 Å². The third-order valence-corrected chi connectivity index (χ3v) is 5.48. The van der Waals surface area contributed by atoms with Crippen molar-refractivity contribution in [3.05, 3.63) is 66.0 Å². The van der Waals surface area contributed by atoms with Gasteiger partial charge in [-0.1, -0.05) is 30.3 Å². The zero-order valence-electron chi connectivity index (χ0n) is 17.3. The Balaban J connectivity index is 1.61. The summed E-state index contributed by atoms with van der Waals surface area (Å²) in [6.45, 7) is 8.05. The van der Waals surface area contributed by atoms with Crippen LogP contribution in [-0.4, -0.2) is 58.4 Å². The first-order chi connectivity index (χ1) is 14.2. The van der Waals surface area contributed by atoms with Crippen molar-refractivity contribution in [1.82, 2.24) is 25.1 Å². The summed E-state index contributed by atoms with van der Waals surface area (Å²) in [6.07, 6.45) is 0. The third-order valence-electron chi connectivity index (χ3n) is 5.48. The Morgan fingerprint density at radius 3 is 2.21 bits per heavy atom. The van der Waals surface area contributed by atoms with E-state index in [4.69, 9.17) is 4.74 Å². The van der Waals surface area contributed by atoms with Gasteiger partial charge in [0.15, 0.2) is 5.82 Å². The molecule has 7 nitrogen and oxygen atoms in total. The molecule has 1 aliphatic rings. The molecule has 3 aromatic rings. The van der Waals surface area contributed by atoms with Gasteiger partial charge in [0.25, 0.3) is 0 Å². The average molecular weight is 393 g/mol. The van der Waals surface area contributed by atoms with Crippen LogP contribution in [0, 0.1) is 0 Å². The van der Waals surface area contributed by atoms with Gasteiger partial charge in [-0.25, -0.2) is 4.68 Å². The van der Waals surface area contributed by atoms with Crippen LogP contribution < -0.4 is 9.64 Å². The summed E-state index contributed by atoms with van der Waals surface area (Å²) in [5, 5.41) is 12.7. The van der Waals surface area contributed by atoms with E-state index in [0.717, 1.165) is 37.8 Å². The van der Waals surface area contributed by atoms with E-state index < -0.39 is 0 Å². The summed E-state index contributed by atoms with van der Waals surface area (Å²) in [5.74, 6) is 1.74. The number of methoxy groups -OCH3 is 1. The van der Waals surface area contributed by atoms with E-state index in [2.05, 4.69) is 81.6 Å². The molecule has 0 N–H and O–H groups in total. The van der Waals surface area contributed by atoms with Crippen molar-refractivity contribution in [2.24, 2.45) is 0 Å². The molecule has 0 bridgehead atoms. The third kappa shape index (κ3) is 4.10. The summed E-state index contributed by atoms with van der Waals surface area (Å²) < 4.78 is 7.27. The Labute approximate surface area is 171 Å². The molecule has 0 radical (unpaired) electrons. The van der Waals surface area contributed by atoms with Gasteiger partial charge in [-0.2, -0.15) is 0 Å². The highest BCUT2D eigenvalue weighted by Gasteiger charge is 2.31. The molecule has 0 aliphatic carbocycles. The molecule has 2 aromatic carbocycles. The van der Waals surface area contributed by atoms with E-state index >= 15 is 0 Å². The Morgan fingerprint density at radius 2 is 1.59 bits per heavy atom. The van der Waals surface area contributed by atoms with E-state index in [9.17, 15) is 0 Å². The zero-order chi connectivity index (χ0) is 20.2. The lowest BCUT2D eigenvalue weighted by Gasteiger charge is -2.40. The normalized spacial score (nSPS) is 16.2. The monoisotopic (exact) mass is 392 g/mol. The van der Waals surface area contributed by atoms with Gasteiger partial charge in [0.2, 0.25) is 0 Å². The molecule has 1 fully saturated rings. The van der Waals surface area contributed by atoms with E-state index in [-0.39, 0.29) is 12.1 Å².